The van der Waals surface area contributed by atoms with Crippen LogP contribution in [-0.2, 0) is 6.54 Å². The Morgan fingerprint density at radius 2 is 2.41 bits per heavy atom. The van der Waals surface area contributed by atoms with Gasteiger partial charge in [0.1, 0.15) is 11.4 Å². The molecule has 92 valence electrons. The Morgan fingerprint density at radius 1 is 1.59 bits per heavy atom. The average Bonchev–Trinajstić information content (AvgIpc) is 2.26. The van der Waals surface area contributed by atoms with Crippen molar-refractivity contribution in [2.24, 2.45) is 16.6 Å². The van der Waals surface area contributed by atoms with Crippen LogP contribution in [0.2, 0.25) is 0 Å². The van der Waals surface area contributed by atoms with E-state index < -0.39 is 0 Å². The van der Waals surface area contributed by atoms with Crippen molar-refractivity contribution >= 4 is 5.96 Å². The van der Waals surface area contributed by atoms with E-state index in [4.69, 9.17) is 5.73 Å². The van der Waals surface area contributed by atoms with Crippen molar-refractivity contribution < 1.29 is 5.11 Å². The maximum Gasteiger partial charge on any atom is 0.188 e. The molecular formula is C12H18N4O. The largest absolute Gasteiger partial charge is 0.506 e. The summed E-state index contributed by atoms with van der Waals surface area (Å²) in [5, 5.41) is 12.6. The maximum absolute atomic E-state index is 9.50. The van der Waals surface area contributed by atoms with Crippen LogP contribution in [0, 0.1) is 5.92 Å². The summed E-state index contributed by atoms with van der Waals surface area (Å²) in [6.07, 6.45) is 5.51. The van der Waals surface area contributed by atoms with Crippen molar-refractivity contribution in [3.05, 3.63) is 24.0 Å². The minimum atomic E-state index is 0.156. The van der Waals surface area contributed by atoms with E-state index in [1.165, 1.54) is 19.3 Å². The number of aromatic hydroxyl groups is 1. The van der Waals surface area contributed by atoms with Crippen molar-refractivity contribution in [2.75, 3.05) is 6.54 Å². The third-order valence-corrected chi connectivity index (χ3v) is 3.06. The quantitative estimate of drug-likeness (QED) is 0.536. The molecule has 0 amide bonds. The number of guanidine groups is 1. The molecule has 0 saturated heterocycles. The van der Waals surface area contributed by atoms with Crippen LogP contribution in [0.15, 0.2) is 23.3 Å². The molecule has 2 rings (SSSR count). The Kier molecular flexibility index (Phi) is 3.80. The number of nitrogens with one attached hydrogen (secondary N) is 1. The lowest BCUT2D eigenvalue weighted by molar-refractivity contribution is 0.315. The van der Waals surface area contributed by atoms with Gasteiger partial charge in [0.25, 0.3) is 0 Å². The van der Waals surface area contributed by atoms with Crippen LogP contribution < -0.4 is 11.1 Å². The van der Waals surface area contributed by atoms with Crippen LogP contribution in [0.25, 0.3) is 0 Å². The molecule has 1 aliphatic carbocycles. The Morgan fingerprint density at radius 3 is 3.06 bits per heavy atom. The topological polar surface area (TPSA) is 83.5 Å². The normalized spacial score (nSPS) is 16.6. The van der Waals surface area contributed by atoms with E-state index in [0.717, 1.165) is 12.5 Å². The van der Waals surface area contributed by atoms with Crippen LogP contribution in [0.1, 0.15) is 25.0 Å². The van der Waals surface area contributed by atoms with Gasteiger partial charge in [0.2, 0.25) is 0 Å². The molecule has 1 aromatic rings. The summed E-state index contributed by atoms with van der Waals surface area (Å²) >= 11 is 0. The second kappa shape index (κ2) is 5.52. The Bertz CT molecular complexity index is 401. The van der Waals surface area contributed by atoms with Crippen LogP contribution in [-0.4, -0.2) is 22.6 Å². The van der Waals surface area contributed by atoms with Gasteiger partial charge in [-0.25, -0.2) is 4.99 Å². The number of aromatic nitrogens is 1. The lowest BCUT2D eigenvalue weighted by Gasteiger charge is -2.25. The highest BCUT2D eigenvalue weighted by molar-refractivity contribution is 5.77. The standard InChI is InChI=1S/C12H18N4O/c13-12(15-7-9-3-1-4-9)16-8-10-11(17)5-2-6-14-10/h2,5-6,9,17H,1,3-4,7-8H2,(H3,13,15,16). The Balaban J connectivity index is 1.80. The zero-order valence-electron chi connectivity index (χ0n) is 9.76. The van der Waals surface area contributed by atoms with E-state index in [1.807, 2.05) is 0 Å². The van der Waals surface area contributed by atoms with E-state index >= 15 is 0 Å². The van der Waals surface area contributed by atoms with Crippen LogP contribution in [0.4, 0.5) is 0 Å². The summed E-state index contributed by atoms with van der Waals surface area (Å²) < 4.78 is 0. The van der Waals surface area contributed by atoms with E-state index in [1.54, 1.807) is 18.3 Å². The highest BCUT2D eigenvalue weighted by Gasteiger charge is 2.16. The van der Waals surface area contributed by atoms with Gasteiger partial charge in [0.05, 0.1) is 6.54 Å². The summed E-state index contributed by atoms with van der Waals surface area (Å²) in [5.41, 5.74) is 6.27. The van der Waals surface area contributed by atoms with E-state index in [2.05, 4.69) is 15.3 Å². The predicted molar refractivity (Wildman–Crippen MR) is 66.6 cm³/mol. The first kappa shape index (κ1) is 11.7. The van der Waals surface area contributed by atoms with Crippen molar-refractivity contribution in [3.63, 3.8) is 0 Å². The molecule has 17 heavy (non-hydrogen) atoms. The molecule has 0 unspecified atom stereocenters. The molecule has 0 bridgehead atoms. The SMILES string of the molecule is NC(=NCc1ncccc1O)NCC1CCC1. The van der Waals surface area contributed by atoms with Crippen molar-refractivity contribution in [1.29, 1.82) is 0 Å². The molecule has 5 heteroatoms. The van der Waals surface area contributed by atoms with Gasteiger partial charge in [-0.15, -0.1) is 0 Å². The molecule has 1 aliphatic rings. The van der Waals surface area contributed by atoms with Gasteiger partial charge in [-0.2, -0.15) is 0 Å². The number of aliphatic imine (C=N–C) groups is 1. The molecule has 4 N–H and O–H groups in total. The monoisotopic (exact) mass is 234 g/mol. The lowest BCUT2D eigenvalue weighted by Crippen LogP contribution is -2.37. The molecule has 0 atom stereocenters. The zero-order chi connectivity index (χ0) is 12.1. The molecule has 0 radical (unpaired) electrons. The summed E-state index contributed by atoms with van der Waals surface area (Å²) in [4.78, 5) is 8.18. The fourth-order valence-electron chi connectivity index (χ4n) is 1.71. The highest BCUT2D eigenvalue weighted by atomic mass is 16.3. The average molecular weight is 234 g/mol. The minimum absolute atomic E-state index is 0.156. The molecule has 0 aromatic carbocycles. The van der Waals surface area contributed by atoms with Crippen LogP contribution >= 0.6 is 0 Å². The maximum atomic E-state index is 9.50. The third kappa shape index (κ3) is 3.34. The molecule has 5 nitrogen and oxygen atoms in total. The smallest absolute Gasteiger partial charge is 0.188 e. The van der Waals surface area contributed by atoms with E-state index in [-0.39, 0.29) is 5.75 Å². The van der Waals surface area contributed by atoms with E-state index in [9.17, 15) is 5.11 Å². The second-order valence-corrected chi connectivity index (χ2v) is 4.35. The molecule has 1 aromatic heterocycles. The molecular weight excluding hydrogens is 216 g/mol. The van der Waals surface area contributed by atoms with Gasteiger partial charge < -0.3 is 16.2 Å². The molecule has 1 heterocycles. The molecule has 0 aliphatic heterocycles. The molecule has 1 fully saturated rings. The Labute approximate surface area is 101 Å². The van der Waals surface area contributed by atoms with Gasteiger partial charge in [0, 0.05) is 12.7 Å². The number of nitrogens with two attached hydrogens (primary N) is 1. The van der Waals surface area contributed by atoms with Crippen LogP contribution in [0.3, 0.4) is 0 Å². The van der Waals surface area contributed by atoms with E-state index in [0.29, 0.717) is 18.2 Å². The summed E-state index contributed by atoms with van der Waals surface area (Å²) in [5.74, 6) is 1.32. The summed E-state index contributed by atoms with van der Waals surface area (Å²) in [6.45, 7) is 1.19. The van der Waals surface area contributed by atoms with Gasteiger partial charge >= 0.3 is 0 Å². The molecule has 1 saturated carbocycles. The minimum Gasteiger partial charge on any atom is -0.506 e. The highest BCUT2D eigenvalue weighted by Crippen LogP contribution is 2.24. The van der Waals surface area contributed by atoms with Gasteiger partial charge in [0.15, 0.2) is 5.96 Å². The number of nitrogens with zero attached hydrogens (tertiary/aromatic N) is 2. The first-order valence-corrected chi connectivity index (χ1v) is 5.92. The molecule has 0 spiro atoms. The first-order chi connectivity index (χ1) is 8.25. The fraction of sp³-hybridized carbons (Fsp3) is 0.500. The summed E-state index contributed by atoms with van der Waals surface area (Å²) in [6, 6.07) is 3.27. The number of hydrogen-bond acceptors (Lipinski definition) is 3. The van der Waals surface area contributed by atoms with Gasteiger partial charge in [-0.05, 0) is 30.9 Å². The summed E-state index contributed by atoms with van der Waals surface area (Å²) in [7, 11) is 0. The number of hydrogen-bond donors (Lipinski definition) is 3. The van der Waals surface area contributed by atoms with Crippen LogP contribution in [0.5, 0.6) is 5.75 Å². The predicted octanol–water partition coefficient (Wildman–Crippen LogP) is 0.992. The van der Waals surface area contributed by atoms with Gasteiger partial charge in [-0.3, -0.25) is 4.98 Å². The van der Waals surface area contributed by atoms with Crippen molar-refractivity contribution in [2.45, 2.75) is 25.8 Å². The fourth-order valence-corrected chi connectivity index (χ4v) is 1.71. The zero-order valence-corrected chi connectivity index (χ0v) is 9.76. The second-order valence-electron chi connectivity index (χ2n) is 4.35. The van der Waals surface area contributed by atoms with Crippen molar-refractivity contribution in [3.8, 4) is 5.75 Å². The third-order valence-electron chi connectivity index (χ3n) is 3.06. The first-order valence-electron chi connectivity index (χ1n) is 5.92. The van der Waals surface area contributed by atoms with Gasteiger partial charge in [-0.1, -0.05) is 6.42 Å². The Hall–Kier alpha value is -1.78. The number of pyridine rings is 1. The van der Waals surface area contributed by atoms with Crippen molar-refractivity contribution in [1.82, 2.24) is 10.3 Å². The lowest BCUT2D eigenvalue weighted by atomic mass is 9.85. The number of rotatable bonds is 4.